The van der Waals surface area contributed by atoms with Crippen LogP contribution in [0.4, 0.5) is 11.4 Å². The van der Waals surface area contributed by atoms with Crippen molar-refractivity contribution < 1.29 is 0 Å². The van der Waals surface area contributed by atoms with E-state index in [-0.39, 0.29) is 0 Å². The van der Waals surface area contributed by atoms with Gasteiger partial charge in [-0.15, -0.1) is 11.8 Å². The fourth-order valence-electron chi connectivity index (χ4n) is 1.66. The number of nitriles is 1. The van der Waals surface area contributed by atoms with Crippen LogP contribution in [0.2, 0.25) is 5.02 Å². The molecule has 1 N–H and O–H groups in total. The Bertz CT molecular complexity index is 652. The molecule has 0 spiro atoms. The van der Waals surface area contributed by atoms with E-state index in [9.17, 15) is 5.26 Å². The fraction of sp³-hybridized carbons (Fsp3) is 0.0714. The monoisotopic (exact) mass is 352 g/mol. The molecule has 2 nitrogen and oxygen atoms in total. The predicted octanol–water partition coefficient (Wildman–Crippen LogP) is 5.44. The third-order valence-electron chi connectivity index (χ3n) is 2.56. The van der Waals surface area contributed by atoms with E-state index >= 15 is 0 Å². The van der Waals surface area contributed by atoms with Crippen LogP contribution in [0.1, 0.15) is 5.56 Å². The highest BCUT2D eigenvalue weighted by Crippen LogP contribution is 2.32. The van der Waals surface area contributed by atoms with E-state index in [4.69, 9.17) is 11.6 Å². The van der Waals surface area contributed by atoms with E-state index < -0.39 is 0 Å². The largest absolute Gasteiger partial charge is 0.353 e. The molecular formula is C14H10BrClN2S. The summed E-state index contributed by atoms with van der Waals surface area (Å²) in [5.41, 5.74) is 2.31. The SMILES string of the molecule is CSc1cccc(Nc2ccc(Cl)cc2Br)c1C#N. The first-order chi connectivity index (χ1) is 9.15. The maximum Gasteiger partial charge on any atom is 0.103 e. The summed E-state index contributed by atoms with van der Waals surface area (Å²) in [6.07, 6.45) is 1.96. The van der Waals surface area contributed by atoms with Crippen LogP contribution < -0.4 is 5.32 Å². The first-order valence-corrected chi connectivity index (χ1v) is 7.84. The van der Waals surface area contributed by atoms with Crippen molar-refractivity contribution in [2.45, 2.75) is 4.90 Å². The summed E-state index contributed by atoms with van der Waals surface area (Å²) in [4.78, 5) is 0.956. The molecule has 5 heteroatoms. The zero-order chi connectivity index (χ0) is 13.8. The Kier molecular flexibility index (Phi) is 4.76. The van der Waals surface area contributed by atoms with Crippen LogP contribution >= 0.6 is 39.3 Å². The Balaban J connectivity index is 2.41. The molecule has 19 heavy (non-hydrogen) atoms. The van der Waals surface area contributed by atoms with Gasteiger partial charge in [0.15, 0.2) is 0 Å². The van der Waals surface area contributed by atoms with Gasteiger partial charge in [-0.3, -0.25) is 0 Å². The van der Waals surface area contributed by atoms with Crippen LogP contribution in [0, 0.1) is 11.3 Å². The van der Waals surface area contributed by atoms with Crippen molar-refractivity contribution >= 4 is 50.7 Å². The molecule has 2 rings (SSSR count). The van der Waals surface area contributed by atoms with E-state index in [0.717, 1.165) is 20.7 Å². The third-order valence-corrected chi connectivity index (χ3v) is 4.23. The molecule has 2 aromatic rings. The first kappa shape index (κ1) is 14.3. The lowest BCUT2D eigenvalue weighted by Crippen LogP contribution is -1.95. The lowest BCUT2D eigenvalue weighted by Gasteiger charge is -2.12. The number of thioether (sulfide) groups is 1. The number of hydrogen-bond donors (Lipinski definition) is 1. The molecule has 0 aliphatic heterocycles. The van der Waals surface area contributed by atoms with Gasteiger partial charge in [-0.1, -0.05) is 17.7 Å². The molecular weight excluding hydrogens is 344 g/mol. The first-order valence-electron chi connectivity index (χ1n) is 5.45. The molecule has 96 valence electrons. The number of nitrogens with zero attached hydrogens (tertiary/aromatic N) is 1. The molecule has 0 heterocycles. The van der Waals surface area contributed by atoms with Crippen LogP contribution in [0.3, 0.4) is 0 Å². The van der Waals surface area contributed by atoms with Crippen LogP contribution in [0.25, 0.3) is 0 Å². The zero-order valence-electron chi connectivity index (χ0n) is 10.1. The summed E-state index contributed by atoms with van der Waals surface area (Å²) < 4.78 is 0.860. The Hall–Kier alpha value is -1.15. The summed E-state index contributed by atoms with van der Waals surface area (Å²) >= 11 is 10.9. The summed E-state index contributed by atoms with van der Waals surface area (Å²) in [6.45, 7) is 0. The zero-order valence-corrected chi connectivity index (χ0v) is 13.2. The normalized spacial score (nSPS) is 10.0. The van der Waals surface area contributed by atoms with Gasteiger partial charge in [-0.25, -0.2) is 0 Å². The summed E-state index contributed by atoms with van der Waals surface area (Å²) in [5.74, 6) is 0. The van der Waals surface area contributed by atoms with Crippen LogP contribution in [0.15, 0.2) is 45.8 Å². The van der Waals surface area contributed by atoms with E-state index in [1.165, 1.54) is 0 Å². The van der Waals surface area contributed by atoms with Crippen LogP contribution in [-0.2, 0) is 0 Å². The van der Waals surface area contributed by atoms with Gasteiger partial charge < -0.3 is 5.32 Å². The third kappa shape index (κ3) is 3.24. The Labute approximate surface area is 129 Å². The van der Waals surface area contributed by atoms with E-state index in [1.807, 2.05) is 36.6 Å². The number of nitrogens with one attached hydrogen (secondary N) is 1. The highest BCUT2D eigenvalue weighted by atomic mass is 79.9. The second-order valence-corrected chi connectivity index (χ2v) is 5.88. The molecule has 0 saturated heterocycles. The van der Waals surface area contributed by atoms with Crippen LogP contribution in [0.5, 0.6) is 0 Å². The van der Waals surface area contributed by atoms with Gasteiger partial charge in [-0.2, -0.15) is 5.26 Å². The maximum absolute atomic E-state index is 9.29. The number of hydrogen-bond acceptors (Lipinski definition) is 3. The smallest absolute Gasteiger partial charge is 0.103 e. The van der Waals surface area contributed by atoms with Crippen LogP contribution in [-0.4, -0.2) is 6.26 Å². The van der Waals surface area contributed by atoms with Gasteiger partial charge in [0.2, 0.25) is 0 Å². The second kappa shape index (κ2) is 6.33. The number of rotatable bonds is 3. The van der Waals surface area contributed by atoms with Gasteiger partial charge >= 0.3 is 0 Å². The van der Waals surface area contributed by atoms with Gasteiger partial charge in [-0.05, 0) is 52.5 Å². The van der Waals surface area contributed by atoms with Crippen molar-refractivity contribution in [1.29, 1.82) is 5.26 Å². The average Bonchev–Trinajstić information content (AvgIpc) is 2.41. The lowest BCUT2D eigenvalue weighted by atomic mass is 10.2. The minimum atomic E-state index is 0.650. The van der Waals surface area contributed by atoms with Crippen molar-refractivity contribution in [2.75, 3.05) is 11.6 Å². The Morgan fingerprint density at radius 2 is 2.05 bits per heavy atom. The van der Waals surface area contributed by atoms with Crippen molar-refractivity contribution in [3.63, 3.8) is 0 Å². The van der Waals surface area contributed by atoms with E-state index in [2.05, 4.69) is 27.3 Å². The van der Waals surface area contributed by atoms with Gasteiger partial charge in [0.1, 0.15) is 6.07 Å². The molecule has 0 saturated carbocycles. The number of halogens is 2. The minimum absolute atomic E-state index is 0.650. The second-order valence-electron chi connectivity index (χ2n) is 3.74. The summed E-state index contributed by atoms with van der Waals surface area (Å²) in [5, 5.41) is 13.2. The standard InChI is InChI=1S/C14H10BrClN2S/c1-19-14-4-2-3-12(10(14)8-17)18-13-6-5-9(16)7-11(13)15/h2-7,18H,1H3. The molecule has 0 aliphatic rings. The van der Waals surface area contributed by atoms with Crippen molar-refractivity contribution in [3.8, 4) is 6.07 Å². The molecule has 0 aromatic heterocycles. The minimum Gasteiger partial charge on any atom is -0.353 e. The topological polar surface area (TPSA) is 35.8 Å². The molecule has 0 amide bonds. The summed E-state index contributed by atoms with van der Waals surface area (Å²) in [7, 11) is 0. The lowest BCUT2D eigenvalue weighted by molar-refractivity contribution is 1.35. The highest BCUT2D eigenvalue weighted by Gasteiger charge is 2.09. The van der Waals surface area contributed by atoms with E-state index in [0.29, 0.717) is 10.6 Å². The van der Waals surface area contributed by atoms with Gasteiger partial charge in [0.05, 0.1) is 16.9 Å². The Morgan fingerprint density at radius 1 is 1.26 bits per heavy atom. The van der Waals surface area contributed by atoms with Gasteiger partial charge in [0.25, 0.3) is 0 Å². The van der Waals surface area contributed by atoms with Gasteiger partial charge in [0, 0.05) is 14.4 Å². The molecule has 0 unspecified atom stereocenters. The molecule has 0 fully saturated rings. The number of benzene rings is 2. The average molecular weight is 354 g/mol. The predicted molar refractivity (Wildman–Crippen MR) is 85.4 cm³/mol. The van der Waals surface area contributed by atoms with Crippen molar-refractivity contribution in [2.24, 2.45) is 0 Å². The Morgan fingerprint density at radius 3 is 2.68 bits per heavy atom. The van der Waals surface area contributed by atoms with E-state index in [1.54, 1.807) is 17.8 Å². The molecule has 2 aromatic carbocycles. The fourth-order valence-corrected chi connectivity index (χ4v) is 3.01. The molecule has 0 aliphatic carbocycles. The van der Waals surface area contributed by atoms with Crippen molar-refractivity contribution in [1.82, 2.24) is 0 Å². The number of anilines is 2. The molecule has 0 bridgehead atoms. The quantitative estimate of drug-likeness (QED) is 0.746. The maximum atomic E-state index is 9.29. The molecule has 0 radical (unpaired) electrons. The molecule has 0 atom stereocenters. The highest BCUT2D eigenvalue weighted by molar-refractivity contribution is 9.10. The summed E-state index contributed by atoms with van der Waals surface area (Å²) in [6, 6.07) is 13.5. The van der Waals surface area contributed by atoms with Crippen molar-refractivity contribution in [3.05, 3.63) is 51.5 Å².